The summed E-state index contributed by atoms with van der Waals surface area (Å²) < 4.78 is 5.20. The summed E-state index contributed by atoms with van der Waals surface area (Å²) in [6.07, 6.45) is 3.09. The van der Waals surface area contributed by atoms with E-state index in [9.17, 15) is 4.79 Å². The molecule has 0 saturated carbocycles. The van der Waals surface area contributed by atoms with Crippen LogP contribution in [-0.4, -0.2) is 18.0 Å². The predicted molar refractivity (Wildman–Crippen MR) is 105 cm³/mol. The lowest BCUT2D eigenvalue weighted by Gasteiger charge is -2.11. The minimum Gasteiger partial charge on any atom is -0.497 e. The van der Waals surface area contributed by atoms with Crippen LogP contribution in [0.15, 0.2) is 60.9 Å². The summed E-state index contributed by atoms with van der Waals surface area (Å²) in [6, 6.07) is 14.2. The van der Waals surface area contributed by atoms with E-state index in [1.165, 1.54) is 6.20 Å². The number of hydrogen-bond acceptors (Lipinski definition) is 4. The quantitative estimate of drug-likeness (QED) is 0.615. The SMILES string of the molecule is COc1cccc(Nc2cncc(C(=O)Nc3c(Cl)cccc3Cl)c2)c1. The van der Waals surface area contributed by atoms with Gasteiger partial charge in [-0.3, -0.25) is 9.78 Å². The van der Waals surface area contributed by atoms with Gasteiger partial charge in [0.2, 0.25) is 0 Å². The number of anilines is 3. The fraction of sp³-hybridized carbons (Fsp3) is 0.0526. The van der Waals surface area contributed by atoms with Crippen molar-refractivity contribution < 1.29 is 9.53 Å². The third kappa shape index (κ3) is 4.25. The summed E-state index contributed by atoms with van der Waals surface area (Å²) in [7, 11) is 1.60. The first-order valence-corrected chi connectivity index (χ1v) is 8.44. The predicted octanol–water partition coefficient (Wildman–Crippen LogP) is 5.39. The Hall–Kier alpha value is -2.76. The highest BCUT2D eigenvalue weighted by atomic mass is 35.5. The largest absolute Gasteiger partial charge is 0.497 e. The van der Waals surface area contributed by atoms with Crippen LogP contribution in [0.1, 0.15) is 10.4 Å². The summed E-state index contributed by atoms with van der Waals surface area (Å²) in [4.78, 5) is 16.6. The number of benzene rings is 2. The first-order chi connectivity index (χ1) is 12.6. The second-order valence-corrected chi connectivity index (χ2v) is 6.18. The maximum atomic E-state index is 12.5. The van der Waals surface area contributed by atoms with Crippen molar-refractivity contribution in [2.75, 3.05) is 17.7 Å². The highest BCUT2D eigenvalue weighted by Crippen LogP contribution is 2.30. The van der Waals surface area contributed by atoms with Gasteiger partial charge in [0, 0.05) is 18.0 Å². The molecule has 1 heterocycles. The third-order valence-corrected chi connectivity index (χ3v) is 4.19. The number of halogens is 2. The monoisotopic (exact) mass is 387 g/mol. The smallest absolute Gasteiger partial charge is 0.257 e. The first-order valence-electron chi connectivity index (χ1n) is 7.68. The summed E-state index contributed by atoms with van der Waals surface area (Å²) in [5, 5.41) is 6.63. The zero-order chi connectivity index (χ0) is 18.5. The Morgan fingerprint density at radius 3 is 2.46 bits per heavy atom. The van der Waals surface area contributed by atoms with E-state index in [-0.39, 0.29) is 5.91 Å². The van der Waals surface area contributed by atoms with E-state index in [0.29, 0.717) is 27.0 Å². The van der Waals surface area contributed by atoms with Crippen LogP contribution in [0.25, 0.3) is 0 Å². The zero-order valence-electron chi connectivity index (χ0n) is 13.8. The van der Waals surface area contributed by atoms with E-state index in [1.807, 2.05) is 24.3 Å². The normalized spacial score (nSPS) is 10.3. The van der Waals surface area contributed by atoms with Gasteiger partial charge < -0.3 is 15.4 Å². The van der Waals surface area contributed by atoms with Crippen molar-refractivity contribution in [1.29, 1.82) is 0 Å². The molecular formula is C19H15Cl2N3O2. The number of carbonyl (C=O) groups excluding carboxylic acids is 1. The second kappa shape index (κ2) is 8.08. The van der Waals surface area contributed by atoms with Crippen molar-refractivity contribution in [2.24, 2.45) is 0 Å². The lowest BCUT2D eigenvalue weighted by molar-refractivity contribution is 0.102. The molecule has 0 saturated heterocycles. The molecule has 0 spiro atoms. The van der Waals surface area contributed by atoms with Gasteiger partial charge in [0.1, 0.15) is 5.75 Å². The summed E-state index contributed by atoms with van der Waals surface area (Å²) in [6.45, 7) is 0. The van der Waals surface area contributed by atoms with Crippen molar-refractivity contribution in [2.45, 2.75) is 0 Å². The Balaban J connectivity index is 1.79. The Bertz CT molecular complexity index is 927. The van der Waals surface area contributed by atoms with E-state index in [0.717, 1.165) is 11.4 Å². The number of aromatic nitrogens is 1. The summed E-state index contributed by atoms with van der Waals surface area (Å²) in [5.74, 6) is 0.368. The van der Waals surface area contributed by atoms with Gasteiger partial charge in [0.05, 0.1) is 40.3 Å². The molecule has 0 fully saturated rings. The lowest BCUT2D eigenvalue weighted by atomic mass is 10.2. The molecule has 0 aliphatic rings. The molecule has 1 aromatic heterocycles. The molecule has 3 rings (SSSR count). The third-order valence-electron chi connectivity index (χ3n) is 3.56. The summed E-state index contributed by atoms with van der Waals surface area (Å²) >= 11 is 12.2. The fourth-order valence-corrected chi connectivity index (χ4v) is 2.79. The minimum atomic E-state index is -0.359. The number of para-hydroxylation sites is 1. The number of amides is 1. The molecule has 0 radical (unpaired) electrons. The number of methoxy groups -OCH3 is 1. The molecule has 0 aliphatic carbocycles. The number of hydrogen-bond donors (Lipinski definition) is 2. The van der Waals surface area contributed by atoms with Crippen LogP contribution < -0.4 is 15.4 Å². The molecule has 132 valence electrons. The highest BCUT2D eigenvalue weighted by molar-refractivity contribution is 6.40. The first kappa shape index (κ1) is 18.0. The van der Waals surface area contributed by atoms with Crippen molar-refractivity contribution in [1.82, 2.24) is 4.98 Å². The second-order valence-electron chi connectivity index (χ2n) is 5.37. The van der Waals surface area contributed by atoms with Crippen molar-refractivity contribution in [3.63, 3.8) is 0 Å². The molecule has 0 bridgehead atoms. The van der Waals surface area contributed by atoms with Crippen LogP contribution in [0.2, 0.25) is 10.0 Å². The number of carbonyl (C=O) groups is 1. The molecule has 3 aromatic rings. The van der Waals surface area contributed by atoms with E-state index < -0.39 is 0 Å². The Kier molecular flexibility index (Phi) is 5.61. The zero-order valence-corrected chi connectivity index (χ0v) is 15.3. The van der Waals surface area contributed by atoms with Gasteiger partial charge in [-0.1, -0.05) is 35.3 Å². The maximum Gasteiger partial charge on any atom is 0.257 e. The van der Waals surface area contributed by atoms with E-state index in [1.54, 1.807) is 37.6 Å². The Morgan fingerprint density at radius 2 is 1.73 bits per heavy atom. The van der Waals surface area contributed by atoms with Crippen LogP contribution in [0.4, 0.5) is 17.1 Å². The van der Waals surface area contributed by atoms with E-state index >= 15 is 0 Å². The van der Waals surface area contributed by atoms with Crippen LogP contribution in [-0.2, 0) is 0 Å². The van der Waals surface area contributed by atoms with Gasteiger partial charge in [0.25, 0.3) is 5.91 Å². The topological polar surface area (TPSA) is 63.2 Å². The molecule has 5 nitrogen and oxygen atoms in total. The van der Waals surface area contributed by atoms with Crippen LogP contribution in [0.3, 0.4) is 0 Å². The molecule has 7 heteroatoms. The molecule has 0 aliphatic heterocycles. The number of rotatable bonds is 5. The Morgan fingerprint density at radius 1 is 1.00 bits per heavy atom. The van der Waals surface area contributed by atoms with Gasteiger partial charge in [0.15, 0.2) is 0 Å². The van der Waals surface area contributed by atoms with Crippen molar-refractivity contribution in [3.8, 4) is 5.75 Å². The molecule has 2 N–H and O–H groups in total. The average molecular weight is 388 g/mol. The van der Waals surface area contributed by atoms with Gasteiger partial charge in [-0.15, -0.1) is 0 Å². The van der Waals surface area contributed by atoms with Gasteiger partial charge in [-0.25, -0.2) is 0 Å². The standard InChI is InChI=1S/C19H15Cl2N3O2/c1-26-15-5-2-4-13(9-15)23-14-8-12(10-22-11-14)19(25)24-18-16(20)6-3-7-17(18)21/h2-11,23H,1H3,(H,24,25). The van der Waals surface area contributed by atoms with Gasteiger partial charge in [-0.2, -0.15) is 0 Å². The number of nitrogens with one attached hydrogen (secondary N) is 2. The highest BCUT2D eigenvalue weighted by Gasteiger charge is 2.12. The molecule has 2 aromatic carbocycles. The summed E-state index contributed by atoms with van der Waals surface area (Å²) in [5.41, 5.74) is 2.22. The van der Waals surface area contributed by atoms with Crippen molar-refractivity contribution in [3.05, 3.63) is 76.5 Å². The molecule has 0 unspecified atom stereocenters. The molecule has 26 heavy (non-hydrogen) atoms. The Labute approximate surface area is 160 Å². The minimum absolute atomic E-state index is 0.359. The van der Waals surface area contributed by atoms with E-state index in [2.05, 4.69) is 15.6 Å². The molecule has 1 amide bonds. The lowest BCUT2D eigenvalue weighted by Crippen LogP contribution is -2.13. The van der Waals surface area contributed by atoms with Crippen LogP contribution in [0.5, 0.6) is 5.75 Å². The number of pyridine rings is 1. The van der Waals surface area contributed by atoms with Crippen molar-refractivity contribution >= 4 is 46.2 Å². The van der Waals surface area contributed by atoms with Gasteiger partial charge in [-0.05, 0) is 30.3 Å². The van der Waals surface area contributed by atoms with E-state index in [4.69, 9.17) is 27.9 Å². The fourth-order valence-electron chi connectivity index (χ4n) is 2.30. The number of ether oxygens (including phenoxy) is 1. The van der Waals surface area contributed by atoms with Crippen LogP contribution >= 0.6 is 23.2 Å². The molecule has 0 atom stereocenters. The van der Waals surface area contributed by atoms with Gasteiger partial charge >= 0.3 is 0 Å². The maximum absolute atomic E-state index is 12.5. The average Bonchev–Trinajstić information content (AvgIpc) is 2.65. The molecular weight excluding hydrogens is 373 g/mol. The number of nitrogens with zero attached hydrogens (tertiary/aromatic N) is 1. The van der Waals surface area contributed by atoms with Crippen LogP contribution in [0, 0.1) is 0 Å².